The lowest BCUT2D eigenvalue weighted by molar-refractivity contribution is -0.117. The minimum atomic E-state index is -0.165. The van der Waals surface area contributed by atoms with Crippen LogP contribution >= 0.6 is 34.5 Å². The Morgan fingerprint density at radius 2 is 2.14 bits per heavy atom. The lowest BCUT2D eigenvalue weighted by Crippen LogP contribution is -2.29. The van der Waals surface area contributed by atoms with Crippen molar-refractivity contribution in [2.24, 2.45) is 0 Å². The van der Waals surface area contributed by atoms with Crippen molar-refractivity contribution in [1.82, 2.24) is 4.90 Å². The van der Waals surface area contributed by atoms with Crippen molar-refractivity contribution in [3.63, 3.8) is 0 Å². The summed E-state index contributed by atoms with van der Waals surface area (Å²) in [5.74, 6) is -0.165. The maximum absolute atomic E-state index is 12.0. The Balaban J connectivity index is 1.91. The highest BCUT2D eigenvalue weighted by atomic mass is 35.5. The summed E-state index contributed by atoms with van der Waals surface area (Å²) < 4.78 is 0. The van der Waals surface area contributed by atoms with Gasteiger partial charge in [0.15, 0.2) is 0 Å². The van der Waals surface area contributed by atoms with Crippen molar-refractivity contribution in [1.29, 1.82) is 5.26 Å². The fourth-order valence-corrected chi connectivity index (χ4v) is 2.99. The molecular weight excluding hydrogens is 341 g/mol. The van der Waals surface area contributed by atoms with Crippen molar-refractivity contribution in [2.75, 3.05) is 18.9 Å². The summed E-state index contributed by atoms with van der Waals surface area (Å²) in [4.78, 5) is 13.9. The standard InChI is InChI=1S/C15H13Cl2N3OS/c1-20(8-10-2-3-12(16)13(17)6-10)9-14(21)19-15-11(7-18)4-5-22-15/h2-6H,8-9H2,1H3,(H,19,21). The van der Waals surface area contributed by atoms with E-state index in [2.05, 4.69) is 5.32 Å². The first-order valence-electron chi connectivity index (χ1n) is 6.39. The van der Waals surface area contributed by atoms with Crippen LogP contribution in [0.2, 0.25) is 10.0 Å². The molecule has 4 nitrogen and oxygen atoms in total. The molecule has 0 saturated carbocycles. The van der Waals surface area contributed by atoms with Crippen LogP contribution in [0.15, 0.2) is 29.6 Å². The SMILES string of the molecule is CN(CC(=O)Nc1sccc1C#N)Cc1ccc(Cl)c(Cl)c1. The summed E-state index contributed by atoms with van der Waals surface area (Å²) in [6.07, 6.45) is 0. The molecule has 0 aliphatic carbocycles. The molecule has 0 radical (unpaired) electrons. The predicted octanol–water partition coefficient (Wildman–Crippen LogP) is 4.00. The molecule has 1 heterocycles. The normalized spacial score (nSPS) is 10.5. The summed E-state index contributed by atoms with van der Waals surface area (Å²) in [5, 5.41) is 15.0. The van der Waals surface area contributed by atoms with E-state index in [1.165, 1.54) is 11.3 Å². The van der Waals surface area contributed by atoms with E-state index in [1.807, 2.05) is 24.1 Å². The van der Waals surface area contributed by atoms with Crippen LogP contribution in [0.3, 0.4) is 0 Å². The number of nitrogens with zero attached hydrogens (tertiary/aromatic N) is 2. The summed E-state index contributed by atoms with van der Waals surface area (Å²) in [6.45, 7) is 0.781. The number of nitriles is 1. The highest BCUT2D eigenvalue weighted by Gasteiger charge is 2.11. The average Bonchev–Trinajstić information content (AvgIpc) is 2.89. The summed E-state index contributed by atoms with van der Waals surface area (Å²) in [5.41, 5.74) is 1.45. The molecule has 0 spiro atoms. The minimum Gasteiger partial charge on any atom is -0.315 e. The van der Waals surface area contributed by atoms with E-state index in [1.54, 1.807) is 23.6 Å². The first-order valence-corrected chi connectivity index (χ1v) is 8.03. The summed E-state index contributed by atoms with van der Waals surface area (Å²) in [6, 6.07) is 9.11. The van der Waals surface area contributed by atoms with Gasteiger partial charge in [-0.15, -0.1) is 11.3 Å². The quantitative estimate of drug-likeness (QED) is 0.883. The van der Waals surface area contributed by atoms with Gasteiger partial charge in [0.25, 0.3) is 0 Å². The molecule has 114 valence electrons. The molecule has 1 aromatic carbocycles. The van der Waals surface area contributed by atoms with Gasteiger partial charge in [-0.2, -0.15) is 5.26 Å². The number of thiophene rings is 1. The maximum Gasteiger partial charge on any atom is 0.239 e. The Morgan fingerprint density at radius 1 is 1.36 bits per heavy atom. The molecule has 22 heavy (non-hydrogen) atoms. The number of likely N-dealkylation sites (N-methyl/N-ethyl adjacent to an activating group) is 1. The van der Waals surface area contributed by atoms with Crippen LogP contribution in [-0.2, 0) is 11.3 Å². The number of carbonyl (C=O) groups is 1. The second-order valence-corrected chi connectivity index (χ2v) is 6.47. The molecule has 0 fully saturated rings. The number of carbonyl (C=O) groups excluding carboxylic acids is 1. The van der Waals surface area contributed by atoms with Gasteiger partial charge in [0.05, 0.1) is 22.2 Å². The zero-order chi connectivity index (χ0) is 16.1. The third kappa shape index (κ3) is 4.46. The van der Waals surface area contributed by atoms with E-state index in [0.717, 1.165) is 5.56 Å². The molecule has 0 aliphatic rings. The molecule has 1 amide bonds. The highest BCUT2D eigenvalue weighted by Crippen LogP contribution is 2.23. The second-order valence-electron chi connectivity index (χ2n) is 4.74. The Bertz CT molecular complexity index is 724. The Hall–Kier alpha value is -1.58. The Morgan fingerprint density at radius 3 is 2.82 bits per heavy atom. The van der Waals surface area contributed by atoms with E-state index in [-0.39, 0.29) is 12.5 Å². The molecule has 0 saturated heterocycles. The monoisotopic (exact) mass is 353 g/mol. The van der Waals surface area contributed by atoms with Crippen LogP contribution in [0.25, 0.3) is 0 Å². The van der Waals surface area contributed by atoms with Crippen LogP contribution < -0.4 is 5.32 Å². The van der Waals surface area contributed by atoms with E-state index in [9.17, 15) is 4.79 Å². The molecule has 2 aromatic rings. The zero-order valence-electron chi connectivity index (χ0n) is 11.8. The summed E-state index contributed by atoms with van der Waals surface area (Å²) >= 11 is 13.2. The zero-order valence-corrected chi connectivity index (χ0v) is 14.1. The average molecular weight is 354 g/mol. The van der Waals surface area contributed by atoms with Gasteiger partial charge in [0.1, 0.15) is 11.1 Å². The Kier molecular flexibility index (Phi) is 5.81. The first-order chi connectivity index (χ1) is 10.5. The van der Waals surface area contributed by atoms with Crippen molar-refractivity contribution in [3.05, 3.63) is 50.8 Å². The van der Waals surface area contributed by atoms with Gasteiger partial charge < -0.3 is 5.32 Å². The Labute approximate surface area is 142 Å². The van der Waals surface area contributed by atoms with Gasteiger partial charge in [-0.1, -0.05) is 29.3 Å². The van der Waals surface area contributed by atoms with Crippen LogP contribution in [-0.4, -0.2) is 24.4 Å². The molecule has 7 heteroatoms. The lowest BCUT2D eigenvalue weighted by Gasteiger charge is -2.16. The van der Waals surface area contributed by atoms with Crippen LogP contribution in [0.5, 0.6) is 0 Å². The van der Waals surface area contributed by atoms with E-state index < -0.39 is 0 Å². The van der Waals surface area contributed by atoms with Gasteiger partial charge in [-0.25, -0.2) is 0 Å². The number of nitrogens with one attached hydrogen (secondary N) is 1. The smallest absolute Gasteiger partial charge is 0.239 e. The van der Waals surface area contributed by atoms with E-state index in [4.69, 9.17) is 28.5 Å². The predicted molar refractivity (Wildman–Crippen MR) is 90.5 cm³/mol. The fraction of sp³-hybridized carbons (Fsp3) is 0.200. The van der Waals surface area contributed by atoms with Gasteiger partial charge in [0, 0.05) is 6.54 Å². The van der Waals surface area contributed by atoms with Gasteiger partial charge >= 0.3 is 0 Å². The number of benzene rings is 1. The van der Waals surface area contributed by atoms with E-state index >= 15 is 0 Å². The van der Waals surface area contributed by atoms with Crippen molar-refractivity contribution >= 4 is 45.4 Å². The number of rotatable bonds is 5. The largest absolute Gasteiger partial charge is 0.315 e. The number of halogens is 2. The van der Waals surface area contributed by atoms with Crippen LogP contribution in [0.4, 0.5) is 5.00 Å². The number of hydrogen-bond acceptors (Lipinski definition) is 4. The first kappa shape index (κ1) is 16.8. The van der Waals surface area contributed by atoms with E-state index in [0.29, 0.717) is 27.2 Å². The van der Waals surface area contributed by atoms with Gasteiger partial charge in [-0.05, 0) is 36.2 Å². The molecule has 0 bridgehead atoms. The second kappa shape index (κ2) is 7.61. The third-order valence-corrected chi connectivity index (χ3v) is 4.46. The van der Waals surface area contributed by atoms with Crippen molar-refractivity contribution in [2.45, 2.75) is 6.54 Å². The summed E-state index contributed by atoms with van der Waals surface area (Å²) in [7, 11) is 1.84. The number of anilines is 1. The lowest BCUT2D eigenvalue weighted by atomic mass is 10.2. The number of amides is 1. The molecular formula is C15H13Cl2N3OS. The van der Waals surface area contributed by atoms with Crippen molar-refractivity contribution < 1.29 is 4.79 Å². The van der Waals surface area contributed by atoms with Crippen molar-refractivity contribution in [3.8, 4) is 6.07 Å². The highest BCUT2D eigenvalue weighted by molar-refractivity contribution is 7.14. The number of hydrogen-bond donors (Lipinski definition) is 1. The van der Waals surface area contributed by atoms with Gasteiger partial charge in [-0.3, -0.25) is 9.69 Å². The van der Waals surface area contributed by atoms with Crippen LogP contribution in [0, 0.1) is 11.3 Å². The molecule has 0 aliphatic heterocycles. The molecule has 1 aromatic heterocycles. The van der Waals surface area contributed by atoms with Gasteiger partial charge in [0.2, 0.25) is 5.91 Å². The topological polar surface area (TPSA) is 56.1 Å². The molecule has 0 atom stereocenters. The van der Waals surface area contributed by atoms with Crippen LogP contribution in [0.1, 0.15) is 11.1 Å². The molecule has 0 unspecified atom stereocenters. The third-order valence-electron chi connectivity index (χ3n) is 2.89. The maximum atomic E-state index is 12.0. The molecule has 1 N–H and O–H groups in total. The minimum absolute atomic E-state index is 0.165. The fourth-order valence-electron chi connectivity index (χ4n) is 1.91. The molecule has 2 rings (SSSR count).